The number of benzene rings is 1. The molecule has 110 valence electrons. The van der Waals surface area contributed by atoms with E-state index >= 15 is 0 Å². The molecule has 1 aliphatic heterocycles. The molecule has 0 saturated carbocycles. The van der Waals surface area contributed by atoms with Crippen molar-refractivity contribution in [3.63, 3.8) is 0 Å². The number of nitrogen functional groups attached to an aromatic ring is 1. The number of anilines is 1. The Balaban J connectivity index is 1.91. The molecule has 0 aliphatic carbocycles. The van der Waals surface area contributed by atoms with Gasteiger partial charge >= 0.3 is 0 Å². The maximum absolute atomic E-state index is 12.8. The van der Waals surface area contributed by atoms with Crippen LogP contribution in [0.1, 0.15) is 34.1 Å². The second-order valence-corrected chi connectivity index (χ2v) is 6.10. The van der Waals surface area contributed by atoms with Crippen molar-refractivity contribution in [3.05, 3.63) is 46.2 Å². The number of amides is 1. The minimum Gasteiger partial charge on any atom is -0.497 e. The largest absolute Gasteiger partial charge is 0.497 e. The van der Waals surface area contributed by atoms with Crippen molar-refractivity contribution >= 4 is 22.9 Å². The van der Waals surface area contributed by atoms with Gasteiger partial charge in [-0.05, 0) is 42.5 Å². The van der Waals surface area contributed by atoms with E-state index in [9.17, 15) is 4.79 Å². The summed E-state index contributed by atoms with van der Waals surface area (Å²) in [6.07, 6.45) is 2.04. The van der Waals surface area contributed by atoms with Crippen LogP contribution in [-0.4, -0.2) is 24.5 Å². The topological polar surface area (TPSA) is 55.6 Å². The molecule has 5 heteroatoms. The van der Waals surface area contributed by atoms with Crippen molar-refractivity contribution in [2.75, 3.05) is 19.4 Å². The number of carbonyl (C=O) groups excluding carboxylic acids is 1. The number of ether oxygens (including phenoxy) is 1. The van der Waals surface area contributed by atoms with Crippen LogP contribution in [-0.2, 0) is 0 Å². The number of hydrogen-bond acceptors (Lipinski definition) is 4. The van der Waals surface area contributed by atoms with Gasteiger partial charge in [0.05, 0.1) is 18.7 Å². The fourth-order valence-electron chi connectivity index (χ4n) is 2.79. The van der Waals surface area contributed by atoms with E-state index in [1.165, 1.54) is 4.88 Å². The molecule has 2 heterocycles. The Hall–Kier alpha value is -2.01. The Morgan fingerprint density at radius 2 is 2.29 bits per heavy atom. The molecule has 1 saturated heterocycles. The molecule has 21 heavy (non-hydrogen) atoms. The first-order valence-corrected chi connectivity index (χ1v) is 7.86. The number of methoxy groups -OCH3 is 1. The Kier molecular flexibility index (Phi) is 3.84. The zero-order valence-corrected chi connectivity index (χ0v) is 12.7. The zero-order chi connectivity index (χ0) is 14.8. The van der Waals surface area contributed by atoms with Crippen LogP contribution in [0.2, 0.25) is 0 Å². The third-order valence-corrected chi connectivity index (χ3v) is 4.85. The second-order valence-electron chi connectivity index (χ2n) is 5.13. The summed E-state index contributed by atoms with van der Waals surface area (Å²) in [5.74, 6) is 0.640. The molecule has 1 atom stereocenters. The monoisotopic (exact) mass is 302 g/mol. The summed E-state index contributed by atoms with van der Waals surface area (Å²) in [6, 6.07) is 9.51. The summed E-state index contributed by atoms with van der Waals surface area (Å²) in [6.45, 7) is 0.776. The minimum absolute atomic E-state index is 0.0118. The third kappa shape index (κ3) is 2.61. The summed E-state index contributed by atoms with van der Waals surface area (Å²) in [5.41, 5.74) is 7.00. The first-order valence-electron chi connectivity index (χ1n) is 6.98. The molecule has 2 N–H and O–H groups in total. The lowest BCUT2D eigenvalue weighted by Gasteiger charge is -2.24. The lowest BCUT2D eigenvalue weighted by molar-refractivity contribution is 0.0738. The van der Waals surface area contributed by atoms with E-state index in [-0.39, 0.29) is 11.9 Å². The van der Waals surface area contributed by atoms with Gasteiger partial charge in [-0.25, -0.2) is 0 Å². The first-order chi connectivity index (χ1) is 10.2. The quantitative estimate of drug-likeness (QED) is 0.885. The van der Waals surface area contributed by atoms with Crippen molar-refractivity contribution in [3.8, 4) is 5.75 Å². The lowest BCUT2D eigenvalue weighted by Crippen LogP contribution is -2.30. The molecule has 0 bridgehead atoms. The Labute approximate surface area is 128 Å². The van der Waals surface area contributed by atoms with Crippen molar-refractivity contribution in [2.24, 2.45) is 0 Å². The Morgan fingerprint density at radius 3 is 3.00 bits per heavy atom. The van der Waals surface area contributed by atoms with E-state index in [2.05, 4.69) is 11.4 Å². The van der Waals surface area contributed by atoms with E-state index in [4.69, 9.17) is 10.5 Å². The van der Waals surface area contributed by atoms with Gasteiger partial charge in [0.15, 0.2) is 0 Å². The summed E-state index contributed by atoms with van der Waals surface area (Å²) < 4.78 is 5.20. The number of thiophene rings is 1. The van der Waals surface area contributed by atoms with Gasteiger partial charge in [-0.1, -0.05) is 6.07 Å². The van der Waals surface area contributed by atoms with Gasteiger partial charge in [-0.3, -0.25) is 4.79 Å². The molecule has 0 spiro atoms. The molecule has 0 radical (unpaired) electrons. The minimum atomic E-state index is -0.0118. The van der Waals surface area contributed by atoms with Gasteiger partial charge < -0.3 is 15.4 Å². The van der Waals surface area contributed by atoms with Crippen molar-refractivity contribution < 1.29 is 9.53 Å². The van der Waals surface area contributed by atoms with Crippen molar-refractivity contribution in [1.29, 1.82) is 0 Å². The van der Waals surface area contributed by atoms with Gasteiger partial charge in [-0.2, -0.15) is 0 Å². The molecule has 1 aromatic carbocycles. The summed E-state index contributed by atoms with van der Waals surface area (Å²) in [5, 5.41) is 2.05. The predicted molar refractivity (Wildman–Crippen MR) is 84.7 cm³/mol. The van der Waals surface area contributed by atoms with Crippen molar-refractivity contribution in [1.82, 2.24) is 4.90 Å². The maximum atomic E-state index is 12.8. The van der Waals surface area contributed by atoms with Crippen LogP contribution in [0, 0.1) is 0 Å². The van der Waals surface area contributed by atoms with Crippen LogP contribution >= 0.6 is 11.3 Å². The van der Waals surface area contributed by atoms with E-state index in [0.29, 0.717) is 17.0 Å². The molecule has 1 fully saturated rings. The van der Waals surface area contributed by atoms with Gasteiger partial charge in [0.2, 0.25) is 0 Å². The molecular weight excluding hydrogens is 284 g/mol. The van der Waals surface area contributed by atoms with Crippen LogP contribution < -0.4 is 10.5 Å². The smallest absolute Gasteiger partial charge is 0.256 e. The number of hydrogen-bond donors (Lipinski definition) is 1. The second kappa shape index (κ2) is 5.77. The first kappa shape index (κ1) is 13.9. The maximum Gasteiger partial charge on any atom is 0.256 e. The summed E-state index contributed by atoms with van der Waals surface area (Å²) in [7, 11) is 1.59. The van der Waals surface area contributed by atoms with Gasteiger partial charge in [0.1, 0.15) is 5.75 Å². The highest BCUT2D eigenvalue weighted by Gasteiger charge is 2.32. The number of carbonyl (C=O) groups is 1. The highest BCUT2D eigenvalue weighted by molar-refractivity contribution is 7.10. The Bertz CT molecular complexity index is 640. The number of nitrogens with zero attached hydrogens (tertiary/aromatic N) is 1. The molecule has 4 nitrogen and oxygen atoms in total. The van der Waals surface area contributed by atoms with Gasteiger partial charge in [0, 0.05) is 17.1 Å². The molecule has 3 rings (SSSR count). The number of rotatable bonds is 3. The average Bonchev–Trinajstić information content (AvgIpc) is 3.17. The molecule has 1 aromatic heterocycles. The van der Waals surface area contributed by atoms with Crippen LogP contribution in [0.25, 0.3) is 0 Å². The number of nitrogens with two attached hydrogens (primary N) is 1. The van der Waals surface area contributed by atoms with E-state index in [0.717, 1.165) is 19.4 Å². The molecule has 1 unspecified atom stereocenters. The highest BCUT2D eigenvalue weighted by Crippen LogP contribution is 2.36. The molecule has 1 aliphatic rings. The van der Waals surface area contributed by atoms with Crippen LogP contribution in [0.4, 0.5) is 5.69 Å². The standard InChI is InChI=1S/C16H18N2O2S/c1-20-11-6-7-13(17)12(10-11)16(19)18-8-2-4-14(18)15-5-3-9-21-15/h3,5-7,9-10,14H,2,4,8,17H2,1H3. The van der Waals surface area contributed by atoms with Gasteiger partial charge in [-0.15, -0.1) is 11.3 Å². The predicted octanol–water partition coefficient (Wildman–Crippen LogP) is 3.32. The lowest BCUT2D eigenvalue weighted by atomic mass is 10.1. The van der Waals surface area contributed by atoms with E-state index < -0.39 is 0 Å². The van der Waals surface area contributed by atoms with Crippen LogP contribution in [0.3, 0.4) is 0 Å². The number of likely N-dealkylation sites (tertiary alicyclic amines) is 1. The van der Waals surface area contributed by atoms with E-state index in [1.54, 1.807) is 36.6 Å². The fraction of sp³-hybridized carbons (Fsp3) is 0.312. The molecular formula is C16H18N2O2S. The SMILES string of the molecule is COc1ccc(N)c(C(=O)N2CCCC2c2cccs2)c1. The normalized spacial score (nSPS) is 18.0. The van der Waals surface area contributed by atoms with Crippen LogP contribution in [0.5, 0.6) is 5.75 Å². The zero-order valence-electron chi connectivity index (χ0n) is 11.9. The average molecular weight is 302 g/mol. The van der Waals surface area contributed by atoms with Crippen LogP contribution in [0.15, 0.2) is 35.7 Å². The third-order valence-electron chi connectivity index (χ3n) is 3.88. The fourth-order valence-corrected chi connectivity index (χ4v) is 3.66. The summed E-state index contributed by atoms with van der Waals surface area (Å²) in [4.78, 5) is 16.0. The summed E-state index contributed by atoms with van der Waals surface area (Å²) >= 11 is 1.70. The molecule has 2 aromatic rings. The van der Waals surface area contributed by atoms with E-state index in [1.807, 2.05) is 11.0 Å². The Morgan fingerprint density at radius 1 is 1.43 bits per heavy atom. The van der Waals surface area contributed by atoms with Gasteiger partial charge in [0.25, 0.3) is 5.91 Å². The molecule has 1 amide bonds. The highest BCUT2D eigenvalue weighted by atomic mass is 32.1. The van der Waals surface area contributed by atoms with Crippen molar-refractivity contribution in [2.45, 2.75) is 18.9 Å².